The van der Waals surface area contributed by atoms with Gasteiger partial charge in [0.1, 0.15) is 0 Å². The number of halogens is 2. The van der Waals surface area contributed by atoms with E-state index in [4.69, 9.17) is 23.2 Å². The Balaban J connectivity index is 2.09. The summed E-state index contributed by atoms with van der Waals surface area (Å²) in [6.07, 6.45) is 1.66. The topological polar surface area (TPSA) is 24.9 Å². The minimum Gasteiger partial charge on any atom is -0.378 e. The van der Waals surface area contributed by atoms with Crippen molar-refractivity contribution in [3.05, 3.63) is 58.3 Å². The van der Waals surface area contributed by atoms with Gasteiger partial charge in [-0.1, -0.05) is 41.4 Å². The van der Waals surface area contributed by atoms with Crippen molar-refractivity contribution in [2.24, 2.45) is 0 Å². The second-order valence-corrected chi connectivity index (χ2v) is 4.05. The van der Waals surface area contributed by atoms with Crippen molar-refractivity contribution in [3.63, 3.8) is 0 Å². The Hall–Kier alpha value is -1.25. The van der Waals surface area contributed by atoms with Gasteiger partial charge in [0, 0.05) is 17.8 Å². The molecule has 1 aromatic heterocycles. The minimum absolute atomic E-state index is 0.467. The van der Waals surface area contributed by atoms with E-state index >= 15 is 0 Å². The van der Waals surface area contributed by atoms with Crippen LogP contribution in [0.2, 0.25) is 10.2 Å². The van der Waals surface area contributed by atoms with E-state index in [0.29, 0.717) is 11.7 Å². The Morgan fingerprint density at radius 1 is 1.06 bits per heavy atom. The molecule has 0 aliphatic rings. The summed E-state index contributed by atoms with van der Waals surface area (Å²) in [5, 5.41) is 4.40. The predicted molar refractivity (Wildman–Crippen MR) is 68.0 cm³/mol. The number of anilines is 1. The zero-order chi connectivity index (χ0) is 11.4. The molecule has 0 radical (unpaired) electrons. The average molecular weight is 253 g/mol. The highest BCUT2D eigenvalue weighted by molar-refractivity contribution is 6.32. The highest BCUT2D eigenvalue weighted by Crippen LogP contribution is 2.20. The number of hydrogen-bond acceptors (Lipinski definition) is 2. The van der Waals surface area contributed by atoms with Gasteiger partial charge in [-0.3, -0.25) is 0 Å². The van der Waals surface area contributed by atoms with Crippen LogP contribution in [0, 0.1) is 0 Å². The van der Waals surface area contributed by atoms with Crippen LogP contribution >= 0.6 is 23.2 Å². The second kappa shape index (κ2) is 5.19. The lowest BCUT2D eigenvalue weighted by Crippen LogP contribution is -2.00. The smallest absolute Gasteiger partial charge is 0.152 e. The molecule has 0 unspecified atom stereocenters. The highest BCUT2D eigenvalue weighted by atomic mass is 35.5. The number of rotatable bonds is 3. The number of hydrogen-bond donors (Lipinski definition) is 1. The molecule has 1 N–H and O–H groups in total. The molecule has 2 nitrogen and oxygen atoms in total. The van der Waals surface area contributed by atoms with Crippen LogP contribution < -0.4 is 5.32 Å². The van der Waals surface area contributed by atoms with Gasteiger partial charge in [-0.05, 0) is 23.8 Å². The van der Waals surface area contributed by atoms with Crippen LogP contribution in [0.3, 0.4) is 0 Å². The summed E-state index contributed by atoms with van der Waals surface area (Å²) in [5.74, 6) is 0. The van der Waals surface area contributed by atoms with Gasteiger partial charge >= 0.3 is 0 Å². The van der Waals surface area contributed by atoms with Crippen LogP contribution in [-0.4, -0.2) is 4.98 Å². The molecule has 0 atom stereocenters. The monoisotopic (exact) mass is 252 g/mol. The van der Waals surface area contributed by atoms with E-state index in [-0.39, 0.29) is 0 Å². The van der Waals surface area contributed by atoms with E-state index in [0.717, 1.165) is 16.3 Å². The van der Waals surface area contributed by atoms with Crippen LogP contribution in [0.5, 0.6) is 0 Å². The number of nitrogens with one attached hydrogen (secondary N) is 1. The zero-order valence-electron chi connectivity index (χ0n) is 8.45. The molecule has 16 heavy (non-hydrogen) atoms. The zero-order valence-corrected chi connectivity index (χ0v) is 9.96. The first-order valence-electron chi connectivity index (χ1n) is 4.85. The summed E-state index contributed by atoms with van der Waals surface area (Å²) in [7, 11) is 0. The van der Waals surface area contributed by atoms with E-state index in [9.17, 15) is 0 Å². The standard InChI is InChI=1S/C12H10Cl2N2/c13-10-5-2-1-4-9(10)8-16-11-6-3-7-15-12(11)14/h1-7,16H,8H2. The highest BCUT2D eigenvalue weighted by Gasteiger charge is 2.01. The lowest BCUT2D eigenvalue weighted by molar-refractivity contribution is 1.14. The van der Waals surface area contributed by atoms with Gasteiger partial charge in [0.2, 0.25) is 0 Å². The molecule has 0 fully saturated rings. The molecule has 0 bridgehead atoms. The first kappa shape index (κ1) is 11.2. The Bertz CT molecular complexity index is 440. The summed E-state index contributed by atoms with van der Waals surface area (Å²) in [6, 6.07) is 11.4. The van der Waals surface area contributed by atoms with Crippen molar-refractivity contribution in [2.75, 3.05) is 5.32 Å². The van der Waals surface area contributed by atoms with Gasteiger partial charge in [0.05, 0.1) is 5.69 Å². The SMILES string of the molecule is Clc1ccccc1CNc1cccnc1Cl. The maximum atomic E-state index is 6.04. The molecule has 2 rings (SSSR count). The molecule has 0 amide bonds. The fraction of sp³-hybridized carbons (Fsp3) is 0.0833. The van der Waals surface area contributed by atoms with Crippen LogP contribution in [0.25, 0.3) is 0 Å². The van der Waals surface area contributed by atoms with Crippen LogP contribution in [0.4, 0.5) is 5.69 Å². The lowest BCUT2D eigenvalue weighted by Gasteiger charge is -2.08. The molecule has 0 aliphatic heterocycles. The largest absolute Gasteiger partial charge is 0.378 e. The fourth-order valence-electron chi connectivity index (χ4n) is 1.35. The van der Waals surface area contributed by atoms with Crippen LogP contribution in [0.15, 0.2) is 42.6 Å². The Kier molecular flexibility index (Phi) is 3.65. The van der Waals surface area contributed by atoms with E-state index < -0.39 is 0 Å². The Morgan fingerprint density at radius 3 is 2.62 bits per heavy atom. The summed E-state index contributed by atoms with van der Waals surface area (Å²) in [5.41, 5.74) is 1.84. The molecule has 1 heterocycles. The number of pyridine rings is 1. The van der Waals surface area contributed by atoms with Gasteiger partial charge in [-0.25, -0.2) is 4.98 Å². The van der Waals surface area contributed by atoms with Gasteiger partial charge in [-0.15, -0.1) is 0 Å². The van der Waals surface area contributed by atoms with E-state index in [1.165, 1.54) is 0 Å². The molecular weight excluding hydrogens is 243 g/mol. The summed E-state index contributed by atoms with van der Waals surface area (Å²) in [6.45, 7) is 0.630. The van der Waals surface area contributed by atoms with Crippen molar-refractivity contribution in [3.8, 4) is 0 Å². The maximum absolute atomic E-state index is 6.04. The first-order valence-corrected chi connectivity index (χ1v) is 5.61. The third-order valence-corrected chi connectivity index (χ3v) is 2.86. The summed E-state index contributed by atoms with van der Waals surface area (Å²) in [4.78, 5) is 3.98. The van der Waals surface area contributed by atoms with Crippen LogP contribution in [-0.2, 0) is 6.54 Å². The molecule has 1 aromatic carbocycles. The molecule has 0 aliphatic carbocycles. The van der Waals surface area contributed by atoms with E-state index in [1.54, 1.807) is 6.20 Å². The van der Waals surface area contributed by atoms with Crippen molar-refractivity contribution >= 4 is 28.9 Å². The molecule has 4 heteroatoms. The van der Waals surface area contributed by atoms with Crippen molar-refractivity contribution in [1.82, 2.24) is 4.98 Å². The lowest BCUT2D eigenvalue weighted by atomic mass is 10.2. The van der Waals surface area contributed by atoms with Crippen molar-refractivity contribution in [2.45, 2.75) is 6.54 Å². The number of benzene rings is 1. The van der Waals surface area contributed by atoms with Gasteiger partial charge in [0.25, 0.3) is 0 Å². The van der Waals surface area contributed by atoms with Gasteiger partial charge in [0.15, 0.2) is 5.15 Å². The third kappa shape index (κ3) is 2.65. The van der Waals surface area contributed by atoms with Crippen molar-refractivity contribution < 1.29 is 0 Å². The van der Waals surface area contributed by atoms with E-state index in [2.05, 4.69) is 10.3 Å². The van der Waals surface area contributed by atoms with E-state index in [1.807, 2.05) is 36.4 Å². The third-order valence-electron chi connectivity index (χ3n) is 2.19. The molecule has 2 aromatic rings. The normalized spacial score (nSPS) is 10.1. The Morgan fingerprint density at radius 2 is 1.88 bits per heavy atom. The number of nitrogens with zero attached hydrogens (tertiary/aromatic N) is 1. The molecule has 0 saturated heterocycles. The Labute approximate surface area is 104 Å². The molecule has 0 saturated carbocycles. The first-order chi connectivity index (χ1) is 7.77. The molecule has 82 valence electrons. The molecule has 0 spiro atoms. The summed E-state index contributed by atoms with van der Waals surface area (Å²) < 4.78 is 0. The van der Waals surface area contributed by atoms with Crippen LogP contribution in [0.1, 0.15) is 5.56 Å². The molecular formula is C12H10Cl2N2. The average Bonchev–Trinajstić information content (AvgIpc) is 2.30. The second-order valence-electron chi connectivity index (χ2n) is 3.29. The minimum atomic E-state index is 0.467. The quantitative estimate of drug-likeness (QED) is 0.836. The fourth-order valence-corrected chi connectivity index (χ4v) is 1.74. The van der Waals surface area contributed by atoms with Gasteiger partial charge < -0.3 is 5.32 Å². The predicted octanol–water partition coefficient (Wildman–Crippen LogP) is 4.00. The summed E-state index contributed by atoms with van der Waals surface area (Å²) >= 11 is 12.0. The number of aromatic nitrogens is 1. The maximum Gasteiger partial charge on any atom is 0.152 e. The van der Waals surface area contributed by atoms with Gasteiger partial charge in [-0.2, -0.15) is 0 Å². The van der Waals surface area contributed by atoms with Crippen molar-refractivity contribution in [1.29, 1.82) is 0 Å².